The summed E-state index contributed by atoms with van der Waals surface area (Å²) < 4.78 is 0.704. The SMILES string of the molecule is CC1CCCC(O)(CNC(=O)c2ccc(N)c(Br)c2)C1. The van der Waals surface area contributed by atoms with E-state index in [1.807, 2.05) is 0 Å². The van der Waals surface area contributed by atoms with Gasteiger partial charge in [0.05, 0.1) is 5.60 Å². The molecule has 5 heteroatoms. The molecule has 1 aliphatic rings. The predicted octanol–water partition coefficient (Wildman–Crippen LogP) is 2.70. The van der Waals surface area contributed by atoms with E-state index in [0.29, 0.717) is 28.2 Å². The average molecular weight is 341 g/mol. The number of aliphatic hydroxyl groups is 1. The molecule has 2 unspecified atom stereocenters. The fraction of sp³-hybridized carbons (Fsp3) is 0.533. The van der Waals surface area contributed by atoms with Gasteiger partial charge in [-0.2, -0.15) is 0 Å². The Bertz CT molecular complexity index is 507. The molecule has 2 rings (SSSR count). The van der Waals surface area contributed by atoms with Crippen molar-refractivity contribution in [1.82, 2.24) is 5.32 Å². The molecule has 1 saturated carbocycles. The van der Waals surface area contributed by atoms with Gasteiger partial charge in [0, 0.05) is 22.3 Å². The van der Waals surface area contributed by atoms with Crippen molar-refractivity contribution in [1.29, 1.82) is 0 Å². The maximum atomic E-state index is 12.1. The van der Waals surface area contributed by atoms with E-state index in [9.17, 15) is 9.90 Å². The number of carbonyl (C=O) groups is 1. The summed E-state index contributed by atoms with van der Waals surface area (Å²) in [7, 11) is 0. The first kappa shape index (κ1) is 15.3. The van der Waals surface area contributed by atoms with Gasteiger partial charge in [0.2, 0.25) is 0 Å². The Balaban J connectivity index is 1.96. The number of hydrogen-bond donors (Lipinski definition) is 3. The molecule has 0 heterocycles. The minimum absolute atomic E-state index is 0.183. The topological polar surface area (TPSA) is 75.3 Å². The zero-order valence-corrected chi connectivity index (χ0v) is 13.2. The number of anilines is 1. The molecule has 1 fully saturated rings. The van der Waals surface area contributed by atoms with Gasteiger partial charge in [0.15, 0.2) is 0 Å². The molecule has 2 atom stereocenters. The van der Waals surface area contributed by atoms with Crippen LogP contribution in [0.1, 0.15) is 43.0 Å². The highest BCUT2D eigenvalue weighted by Gasteiger charge is 2.32. The lowest BCUT2D eigenvalue weighted by Crippen LogP contribution is -2.45. The number of carbonyl (C=O) groups excluding carboxylic acids is 1. The maximum absolute atomic E-state index is 12.1. The quantitative estimate of drug-likeness (QED) is 0.740. The van der Waals surface area contributed by atoms with E-state index in [1.165, 1.54) is 0 Å². The molecule has 1 aliphatic carbocycles. The number of nitrogen functional groups attached to an aromatic ring is 1. The molecular weight excluding hydrogens is 320 g/mol. The van der Waals surface area contributed by atoms with Crippen LogP contribution >= 0.6 is 15.9 Å². The van der Waals surface area contributed by atoms with Crippen molar-refractivity contribution in [3.8, 4) is 0 Å². The number of rotatable bonds is 3. The molecule has 20 heavy (non-hydrogen) atoms. The Morgan fingerprint density at radius 2 is 2.35 bits per heavy atom. The first-order chi connectivity index (χ1) is 9.39. The van der Waals surface area contributed by atoms with E-state index >= 15 is 0 Å². The molecule has 4 nitrogen and oxygen atoms in total. The van der Waals surface area contributed by atoms with Crippen LogP contribution in [0.25, 0.3) is 0 Å². The van der Waals surface area contributed by atoms with Crippen molar-refractivity contribution < 1.29 is 9.90 Å². The summed E-state index contributed by atoms with van der Waals surface area (Å²) in [5.74, 6) is 0.327. The van der Waals surface area contributed by atoms with E-state index in [0.717, 1.165) is 25.7 Å². The third-order valence-corrected chi connectivity index (χ3v) is 4.59. The van der Waals surface area contributed by atoms with Gasteiger partial charge >= 0.3 is 0 Å². The average Bonchev–Trinajstić information content (AvgIpc) is 2.39. The van der Waals surface area contributed by atoms with E-state index in [4.69, 9.17) is 5.73 Å². The van der Waals surface area contributed by atoms with Crippen LogP contribution in [-0.2, 0) is 0 Å². The van der Waals surface area contributed by atoms with Gasteiger partial charge in [-0.15, -0.1) is 0 Å². The number of amides is 1. The Morgan fingerprint density at radius 3 is 3.00 bits per heavy atom. The van der Waals surface area contributed by atoms with Gasteiger partial charge in [-0.3, -0.25) is 4.79 Å². The second kappa shape index (κ2) is 6.14. The lowest BCUT2D eigenvalue weighted by atomic mass is 9.79. The third-order valence-electron chi connectivity index (χ3n) is 3.91. The molecule has 1 amide bonds. The smallest absolute Gasteiger partial charge is 0.251 e. The second-order valence-corrected chi connectivity index (χ2v) is 6.70. The van der Waals surface area contributed by atoms with Crippen molar-refractivity contribution in [2.45, 2.75) is 38.2 Å². The summed E-state index contributed by atoms with van der Waals surface area (Å²) in [6.45, 7) is 2.45. The summed E-state index contributed by atoms with van der Waals surface area (Å²) in [6.07, 6.45) is 3.67. The number of hydrogen-bond acceptors (Lipinski definition) is 3. The highest BCUT2D eigenvalue weighted by molar-refractivity contribution is 9.10. The Kier molecular flexibility index (Phi) is 4.70. The summed E-state index contributed by atoms with van der Waals surface area (Å²) in [5.41, 5.74) is 6.07. The Morgan fingerprint density at radius 1 is 1.60 bits per heavy atom. The lowest BCUT2D eigenvalue weighted by Gasteiger charge is -2.35. The van der Waals surface area contributed by atoms with Gasteiger partial charge in [0.1, 0.15) is 0 Å². The summed E-state index contributed by atoms with van der Waals surface area (Å²) in [5, 5.41) is 13.3. The number of nitrogens with one attached hydrogen (secondary N) is 1. The molecule has 0 aromatic heterocycles. The molecule has 0 saturated heterocycles. The minimum Gasteiger partial charge on any atom is -0.398 e. The van der Waals surface area contributed by atoms with E-state index in [1.54, 1.807) is 18.2 Å². The highest BCUT2D eigenvalue weighted by Crippen LogP contribution is 2.31. The van der Waals surface area contributed by atoms with Crippen molar-refractivity contribution >= 4 is 27.5 Å². The van der Waals surface area contributed by atoms with Crippen molar-refractivity contribution in [3.63, 3.8) is 0 Å². The van der Waals surface area contributed by atoms with Gasteiger partial charge in [0.25, 0.3) is 5.91 Å². The van der Waals surface area contributed by atoms with Crippen LogP contribution in [0, 0.1) is 5.92 Å². The van der Waals surface area contributed by atoms with Crippen LogP contribution in [0.2, 0.25) is 0 Å². The van der Waals surface area contributed by atoms with E-state index in [-0.39, 0.29) is 5.91 Å². The van der Waals surface area contributed by atoms with Crippen LogP contribution in [-0.4, -0.2) is 23.2 Å². The molecule has 110 valence electrons. The standard InChI is InChI=1S/C15H21BrN2O2/c1-10-3-2-6-15(20,8-10)9-18-14(19)11-4-5-13(17)12(16)7-11/h4-5,7,10,20H,2-3,6,8-9,17H2,1H3,(H,18,19). The van der Waals surface area contributed by atoms with Crippen LogP contribution in [0.4, 0.5) is 5.69 Å². The van der Waals surface area contributed by atoms with Crippen LogP contribution < -0.4 is 11.1 Å². The van der Waals surface area contributed by atoms with E-state index < -0.39 is 5.60 Å². The maximum Gasteiger partial charge on any atom is 0.251 e. The van der Waals surface area contributed by atoms with Crippen molar-refractivity contribution in [2.75, 3.05) is 12.3 Å². The predicted molar refractivity (Wildman–Crippen MR) is 83.5 cm³/mol. The Hall–Kier alpha value is -1.07. The zero-order chi connectivity index (χ0) is 14.8. The molecule has 0 radical (unpaired) electrons. The normalized spacial score (nSPS) is 26.2. The monoisotopic (exact) mass is 340 g/mol. The highest BCUT2D eigenvalue weighted by atomic mass is 79.9. The van der Waals surface area contributed by atoms with Crippen LogP contribution in [0.3, 0.4) is 0 Å². The number of benzene rings is 1. The fourth-order valence-electron chi connectivity index (χ4n) is 2.81. The van der Waals surface area contributed by atoms with Gasteiger partial charge in [-0.25, -0.2) is 0 Å². The summed E-state index contributed by atoms with van der Waals surface area (Å²) >= 11 is 3.31. The molecule has 0 aliphatic heterocycles. The molecule has 0 bridgehead atoms. The Labute approximate surface area is 127 Å². The number of halogens is 1. The molecular formula is C15H21BrN2O2. The van der Waals surface area contributed by atoms with Crippen LogP contribution in [0.15, 0.2) is 22.7 Å². The fourth-order valence-corrected chi connectivity index (χ4v) is 3.19. The van der Waals surface area contributed by atoms with Crippen molar-refractivity contribution in [2.24, 2.45) is 5.92 Å². The lowest BCUT2D eigenvalue weighted by molar-refractivity contribution is -0.0109. The minimum atomic E-state index is -0.766. The largest absolute Gasteiger partial charge is 0.398 e. The van der Waals surface area contributed by atoms with Gasteiger partial charge < -0.3 is 16.2 Å². The first-order valence-electron chi connectivity index (χ1n) is 6.95. The zero-order valence-electron chi connectivity index (χ0n) is 11.7. The van der Waals surface area contributed by atoms with Gasteiger partial charge in [-0.1, -0.05) is 19.8 Å². The third kappa shape index (κ3) is 3.73. The number of nitrogens with two attached hydrogens (primary N) is 1. The molecule has 4 N–H and O–H groups in total. The molecule has 1 aromatic carbocycles. The molecule has 0 spiro atoms. The molecule has 1 aromatic rings. The van der Waals surface area contributed by atoms with Crippen LogP contribution in [0.5, 0.6) is 0 Å². The van der Waals surface area contributed by atoms with E-state index in [2.05, 4.69) is 28.2 Å². The second-order valence-electron chi connectivity index (χ2n) is 5.84. The summed E-state index contributed by atoms with van der Waals surface area (Å²) in [6, 6.07) is 5.07. The first-order valence-corrected chi connectivity index (χ1v) is 7.74. The summed E-state index contributed by atoms with van der Waals surface area (Å²) in [4.78, 5) is 12.1. The van der Waals surface area contributed by atoms with Crippen molar-refractivity contribution in [3.05, 3.63) is 28.2 Å². The van der Waals surface area contributed by atoms with Gasteiger partial charge in [-0.05, 0) is 52.9 Å².